The van der Waals surface area contributed by atoms with Crippen molar-refractivity contribution in [3.8, 4) is 10.6 Å². The Bertz CT molecular complexity index is 615. The number of thiazole rings is 1. The minimum absolute atomic E-state index is 0.771. The van der Waals surface area contributed by atoms with Crippen molar-refractivity contribution in [3.63, 3.8) is 0 Å². The van der Waals surface area contributed by atoms with Crippen molar-refractivity contribution in [3.05, 3.63) is 30.7 Å². The van der Waals surface area contributed by atoms with Crippen LogP contribution in [0.3, 0.4) is 0 Å². The van der Waals surface area contributed by atoms with Gasteiger partial charge in [-0.25, -0.2) is 19.9 Å². The van der Waals surface area contributed by atoms with Crippen LogP contribution in [0.4, 0.5) is 0 Å². The summed E-state index contributed by atoms with van der Waals surface area (Å²) in [5, 5.41) is 1.68. The lowest BCUT2D eigenvalue weighted by molar-refractivity contribution is 0.972. The molecule has 3 aromatic heterocycles. The average Bonchev–Trinajstić information content (AvgIpc) is 2.82. The van der Waals surface area contributed by atoms with E-state index in [4.69, 9.17) is 0 Å². The maximum atomic E-state index is 4.51. The second-order valence-corrected chi connectivity index (χ2v) is 5.06. The molecule has 84 valence electrons. The molecule has 0 aromatic carbocycles. The van der Waals surface area contributed by atoms with Crippen LogP contribution in [0.5, 0.6) is 0 Å². The molecule has 0 saturated carbocycles. The number of thioether (sulfide) groups is 1. The summed E-state index contributed by atoms with van der Waals surface area (Å²) in [6, 6.07) is 3.85. The Kier molecular flexibility index (Phi) is 2.74. The van der Waals surface area contributed by atoms with Crippen molar-refractivity contribution < 1.29 is 0 Å². The first-order valence-corrected chi connectivity index (χ1v) is 6.99. The monoisotopic (exact) mass is 260 g/mol. The summed E-state index contributed by atoms with van der Waals surface area (Å²) in [5.74, 6) is 0. The number of rotatable bonds is 2. The summed E-state index contributed by atoms with van der Waals surface area (Å²) in [6.07, 6.45) is 7.33. The predicted molar refractivity (Wildman–Crippen MR) is 70.2 cm³/mol. The van der Waals surface area contributed by atoms with E-state index in [0.717, 1.165) is 26.1 Å². The molecular weight excluding hydrogens is 252 g/mol. The van der Waals surface area contributed by atoms with E-state index < -0.39 is 0 Å². The SMILES string of the molecule is CSc1ncc(-c2nc3cccnc3s2)cn1. The third kappa shape index (κ3) is 2.01. The highest BCUT2D eigenvalue weighted by atomic mass is 32.2. The zero-order chi connectivity index (χ0) is 11.7. The predicted octanol–water partition coefficient (Wildman–Crippen LogP) is 2.87. The zero-order valence-electron chi connectivity index (χ0n) is 8.99. The number of hydrogen-bond acceptors (Lipinski definition) is 6. The number of hydrogen-bond donors (Lipinski definition) is 0. The molecule has 0 spiro atoms. The van der Waals surface area contributed by atoms with Gasteiger partial charge in [-0.3, -0.25) is 0 Å². The highest BCUT2D eigenvalue weighted by Crippen LogP contribution is 2.27. The molecule has 0 aliphatic carbocycles. The van der Waals surface area contributed by atoms with Crippen LogP contribution in [0.25, 0.3) is 20.9 Å². The molecule has 0 amide bonds. The van der Waals surface area contributed by atoms with Crippen molar-refractivity contribution in [1.82, 2.24) is 19.9 Å². The fraction of sp³-hybridized carbons (Fsp3) is 0.0909. The van der Waals surface area contributed by atoms with Gasteiger partial charge in [0.15, 0.2) is 5.16 Å². The smallest absolute Gasteiger partial charge is 0.187 e. The Morgan fingerprint density at radius 1 is 1.18 bits per heavy atom. The summed E-state index contributed by atoms with van der Waals surface area (Å²) >= 11 is 3.08. The number of nitrogens with zero attached hydrogens (tertiary/aromatic N) is 4. The quantitative estimate of drug-likeness (QED) is 0.524. The second-order valence-electron chi connectivity index (χ2n) is 3.31. The first-order chi connectivity index (χ1) is 8.36. The number of pyridine rings is 1. The van der Waals surface area contributed by atoms with Gasteiger partial charge in [0.2, 0.25) is 0 Å². The summed E-state index contributed by atoms with van der Waals surface area (Å²) < 4.78 is 0. The van der Waals surface area contributed by atoms with E-state index in [9.17, 15) is 0 Å². The van der Waals surface area contributed by atoms with Gasteiger partial charge in [0, 0.05) is 24.2 Å². The fourth-order valence-electron chi connectivity index (χ4n) is 1.43. The van der Waals surface area contributed by atoms with E-state index in [1.165, 1.54) is 11.8 Å². The fourth-order valence-corrected chi connectivity index (χ4v) is 2.62. The van der Waals surface area contributed by atoms with Gasteiger partial charge in [-0.05, 0) is 18.4 Å². The molecule has 0 atom stereocenters. The molecular formula is C11H8N4S2. The zero-order valence-corrected chi connectivity index (χ0v) is 10.6. The number of aromatic nitrogens is 4. The van der Waals surface area contributed by atoms with Gasteiger partial charge < -0.3 is 0 Å². The highest BCUT2D eigenvalue weighted by molar-refractivity contribution is 7.98. The standard InChI is InChI=1S/C11H8N4S2/c1-16-11-13-5-7(6-14-11)9-15-8-3-2-4-12-10(8)17-9/h2-6H,1H3. The van der Waals surface area contributed by atoms with Crippen molar-refractivity contribution in [1.29, 1.82) is 0 Å². The molecule has 0 aliphatic heterocycles. The van der Waals surface area contributed by atoms with Gasteiger partial charge in [-0.2, -0.15) is 0 Å². The Balaban J connectivity index is 2.07. The van der Waals surface area contributed by atoms with Gasteiger partial charge in [0.05, 0.1) is 0 Å². The Labute approximate surface area is 106 Å². The van der Waals surface area contributed by atoms with Crippen molar-refractivity contribution in [2.45, 2.75) is 5.16 Å². The lowest BCUT2D eigenvalue weighted by atomic mass is 10.3. The molecule has 3 heterocycles. The summed E-state index contributed by atoms with van der Waals surface area (Å²) in [6.45, 7) is 0. The maximum Gasteiger partial charge on any atom is 0.187 e. The Morgan fingerprint density at radius 3 is 2.71 bits per heavy atom. The average molecular weight is 260 g/mol. The topological polar surface area (TPSA) is 51.6 Å². The second kappa shape index (κ2) is 4.38. The maximum absolute atomic E-state index is 4.51. The lowest BCUT2D eigenvalue weighted by Crippen LogP contribution is -1.85. The van der Waals surface area contributed by atoms with E-state index in [1.807, 2.05) is 18.4 Å². The van der Waals surface area contributed by atoms with E-state index in [-0.39, 0.29) is 0 Å². The largest absolute Gasteiger partial charge is 0.244 e. The third-order valence-corrected chi connectivity index (χ3v) is 3.83. The van der Waals surface area contributed by atoms with Gasteiger partial charge in [-0.15, -0.1) is 0 Å². The molecule has 3 aromatic rings. The van der Waals surface area contributed by atoms with Gasteiger partial charge in [0.1, 0.15) is 15.4 Å². The molecule has 0 aliphatic rings. The third-order valence-electron chi connectivity index (χ3n) is 2.22. The highest BCUT2D eigenvalue weighted by Gasteiger charge is 2.07. The summed E-state index contributed by atoms with van der Waals surface area (Å²) in [5.41, 5.74) is 1.85. The van der Waals surface area contributed by atoms with E-state index in [0.29, 0.717) is 0 Å². The molecule has 0 fully saturated rings. The Morgan fingerprint density at radius 2 is 2.00 bits per heavy atom. The first kappa shape index (κ1) is 10.6. The number of fused-ring (bicyclic) bond motifs is 1. The van der Waals surface area contributed by atoms with Crippen LogP contribution in [0.2, 0.25) is 0 Å². The molecule has 0 radical (unpaired) electrons. The molecule has 0 unspecified atom stereocenters. The van der Waals surface area contributed by atoms with Gasteiger partial charge in [-0.1, -0.05) is 23.1 Å². The molecule has 4 nitrogen and oxygen atoms in total. The van der Waals surface area contributed by atoms with Crippen LogP contribution in [-0.4, -0.2) is 26.2 Å². The van der Waals surface area contributed by atoms with Crippen LogP contribution >= 0.6 is 23.1 Å². The Hall–Kier alpha value is -1.53. The lowest BCUT2D eigenvalue weighted by Gasteiger charge is -1.95. The van der Waals surface area contributed by atoms with Crippen LogP contribution in [0.1, 0.15) is 0 Å². The van der Waals surface area contributed by atoms with E-state index in [1.54, 1.807) is 29.9 Å². The summed E-state index contributed by atoms with van der Waals surface area (Å²) in [7, 11) is 0. The molecule has 6 heteroatoms. The minimum Gasteiger partial charge on any atom is -0.244 e. The molecule has 3 rings (SSSR count). The summed E-state index contributed by atoms with van der Waals surface area (Å²) in [4.78, 5) is 18.2. The van der Waals surface area contributed by atoms with Crippen molar-refractivity contribution >= 4 is 33.4 Å². The first-order valence-electron chi connectivity index (χ1n) is 4.95. The van der Waals surface area contributed by atoms with Crippen LogP contribution in [0.15, 0.2) is 35.9 Å². The van der Waals surface area contributed by atoms with Crippen LogP contribution in [-0.2, 0) is 0 Å². The molecule has 17 heavy (non-hydrogen) atoms. The molecule has 0 saturated heterocycles. The van der Waals surface area contributed by atoms with E-state index >= 15 is 0 Å². The van der Waals surface area contributed by atoms with E-state index in [2.05, 4.69) is 19.9 Å². The molecule has 0 N–H and O–H groups in total. The minimum atomic E-state index is 0.771. The normalized spacial score (nSPS) is 10.9. The van der Waals surface area contributed by atoms with Gasteiger partial charge in [0.25, 0.3) is 0 Å². The van der Waals surface area contributed by atoms with Gasteiger partial charge >= 0.3 is 0 Å². The molecule has 0 bridgehead atoms. The van der Waals surface area contributed by atoms with Crippen LogP contribution in [0, 0.1) is 0 Å². The van der Waals surface area contributed by atoms with Crippen LogP contribution < -0.4 is 0 Å². The van der Waals surface area contributed by atoms with Crippen molar-refractivity contribution in [2.75, 3.05) is 6.26 Å². The van der Waals surface area contributed by atoms with Crippen molar-refractivity contribution in [2.24, 2.45) is 0 Å².